The number of nitrogens with zero attached hydrogens (tertiary/aromatic N) is 1. The van der Waals surface area contributed by atoms with Gasteiger partial charge in [0.2, 0.25) is 0 Å². The summed E-state index contributed by atoms with van der Waals surface area (Å²) in [5, 5.41) is 0. The number of carbonyl (C=O) groups is 1. The van der Waals surface area contributed by atoms with Gasteiger partial charge in [-0.2, -0.15) is 0 Å². The number of anilines is 1. The van der Waals surface area contributed by atoms with Crippen molar-refractivity contribution in [1.82, 2.24) is 0 Å². The van der Waals surface area contributed by atoms with Gasteiger partial charge in [-0.05, 0) is 42.7 Å². The van der Waals surface area contributed by atoms with Crippen molar-refractivity contribution in [3.8, 4) is 0 Å². The summed E-state index contributed by atoms with van der Waals surface area (Å²) in [4.78, 5) is 14.8. The topological polar surface area (TPSA) is 33.5 Å². The lowest BCUT2D eigenvalue weighted by Crippen LogP contribution is -2.27. The van der Waals surface area contributed by atoms with Crippen molar-refractivity contribution in [1.29, 1.82) is 0 Å². The van der Waals surface area contributed by atoms with Crippen molar-refractivity contribution in [2.45, 2.75) is 26.2 Å². The van der Waals surface area contributed by atoms with Crippen LogP contribution in [0.1, 0.15) is 31.1 Å². The number of furan rings is 1. The number of rotatable bonds is 5. The number of benzene rings is 1. The number of thioether (sulfide) groups is 1. The first-order chi connectivity index (χ1) is 11.2. The second kappa shape index (κ2) is 7.15. The molecule has 0 N–H and O–H groups in total. The molecule has 118 valence electrons. The molecule has 1 fully saturated rings. The Balaban J connectivity index is 1.80. The molecule has 0 atom stereocenters. The molecule has 0 spiro atoms. The fourth-order valence-electron chi connectivity index (χ4n) is 2.39. The highest BCUT2D eigenvalue weighted by atomic mass is 32.2. The molecule has 0 saturated carbocycles. The molecule has 1 aliphatic heterocycles. The Morgan fingerprint density at radius 2 is 2.04 bits per heavy atom. The van der Waals surface area contributed by atoms with Crippen molar-refractivity contribution in [3.63, 3.8) is 0 Å². The van der Waals surface area contributed by atoms with Crippen LogP contribution in [-0.4, -0.2) is 10.2 Å². The highest BCUT2D eigenvalue weighted by Gasteiger charge is 2.33. The Morgan fingerprint density at radius 3 is 2.70 bits per heavy atom. The molecule has 2 aromatic rings. The van der Waals surface area contributed by atoms with Gasteiger partial charge >= 0.3 is 0 Å². The highest BCUT2D eigenvalue weighted by Crippen LogP contribution is 2.36. The average Bonchev–Trinajstić information content (AvgIpc) is 3.15. The molecular formula is C18H17NO2S2. The van der Waals surface area contributed by atoms with Gasteiger partial charge in [0.05, 0.1) is 16.9 Å². The minimum absolute atomic E-state index is 0.0993. The van der Waals surface area contributed by atoms with E-state index in [4.69, 9.17) is 16.6 Å². The Hall–Kier alpha value is -1.85. The van der Waals surface area contributed by atoms with Gasteiger partial charge in [0.1, 0.15) is 5.76 Å². The van der Waals surface area contributed by atoms with Gasteiger partial charge < -0.3 is 4.42 Å². The lowest BCUT2D eigenvalue weighted by Gasteiger charge is -2.15. The number of hydrogen-bond donors (Lipinski definition) is 0. The first-order valence-corrected chi connectivity index (χ1v) is 8.82. The van der Waals surface area contributed by atoms with E-state index >= 15 is 0 Å². The molecule has 1 aliphatic rings. The lowest BCUT2D eigenvalue weighted by atomic mass is 10.1. The first-order valence-electron chi connectivity index (χ1n) is 7.59. The SMILES string of the molecule is CCCCc1ccc(N2C(=O)/C(=C\c3ccco3)SC2=S)cc1. The summed E-state index contributed by atoms with van der Waals surface area (Å²) in [6, 6.07) is 11.7. The summed E-state index contributed by atoms with van der Waals surface area (Å²) in [5.74, 6) is 0.554. The monoisotopic (exact) mass is 343 g/mol. The smallest absolute Gasteiger partial charge is 0.270 e. The van der Waals surface area contributed by atoms with Gasteiger partial charge in [0.25, 0.3) is 5.91 Å². The second-order valence-corrected chi connectivity index (χ2v) is 6.98. The van der Waals surface area contributed by atoms with Crippen molar-refractivity contribution < 1.29 is 9.21 Å². The maximum Gasteiger partial charge on any atom is 0.270 e. The Morgan fingerprint density at radius 1 is 1.26 bits per heavy atom. The molecule has 1 saturated heterocycles. The molecule has 2 heterocycles. The summed E-state index contributed by atoms with van der Waals surface area (Å²) in [5.41, 5.74) is 2.10. The molecule has 1 amide bonds. The summed E-state index contributed by atoms with van der Waals surface area (Å²) in [6.45, 7) is 2.18. The molecule has 0 radical (unpaired) electrons. The van der Waals surface area contributed by atoms with Gasteiger partial charge in [-0.1, -0.05) is 49.5 Å². The maximum absolute atomic E-state index is 12.6. The van der Waals surface area contributed by atoms with Crippen LogP contribution in [0.15, 0.2) is 52.0 Å². The summed E-state index contributed by atoms with van der Waals surface area (Å²) < 4.78 is 5.82. The average molecular weight is 343 g/mol. The van der Waals surface area contributed by atoms with E-state index in [1.54, 1.807) is 23.3 Å². The zero-order chi connectivity index (χ0) is 16.2. The second-order valence-electron chi connectivity index (χ2n) is 5.30. The summed E-state index contributed by atoms with van der Waals surface area (Å²) in [6.07, 6.45) is 6.73. The summed E-state index contributed by atoms with van der Waals surface area (Å²) >= 11 is 6.67. The van der Waals surface area contributed by atoms with Crippen LogP contribution in [0.25, 0.3) is 6.08 Å². The zero-order valence-electron chi connectivity index (χ0n) is 12.8. The minimum atomic E-state index is -0.0993. The first kappa shape index (κ1) is 16.0. The fourth-order valence-corrected chi connectivity index (χ4v) is 3.66. The fraction of sp³-hybridized carbons (Fsp3) is 0.222. The highest BCUT2D eigenvalue weighted by molar-refractivity contribution is 8.27. The van der Waals surface area contributed by atoms with Crippen molar-refractivity contribution >= 4 is 46.0 Å². The molecule has 1 aromatic carbocycles. The van der Waals surface area contributed by atoms with Crippen LogP contribution in [0.2, 0.25) is 0 Å². The third-order valence-corrected chi connectivity index (χ3v) is 4.93. The zero-order valence-corrected chi connectivity index (χ0v) is 14.5. The van der Waals surface area contributed by atoms with Gasteiger partial charge in [0, 0.05) is 6.08 Å². The van der Waals surface area contributed by atoms with E-state index in [0.717, 1.165) is 12.1 Å². The van der Waals surface area contributed by atoms with Crippen LogP contribution in [0.4, 0.5) is 5.69 Å². The van der Waals surface area contributed by atoms with Crippen LogP contribution in [0.5, 0.6) is 0 Å². The number of hydrogen-bond acceptors (Lipinski definition) is 4. The third-order valence-electron chi connectivity index (χ3n) is 3.62. The van der Waals surface area contributed by atoms with E-state index in [0.29, 0.717) is 15.0 Å². The van der Waals surface area contributed by atoms with Crippen LogP contribution >= 0.6 is 24.0 Å². The van der Waals surface area contributed by atoms with E-state index < -0.39 is 0 Å². The molecule has 5 heteroatoms. The number of amides is 1. The van der Waals surface area contributed by atoms with Crippen molar-refractivity contribution in [3.05, 3.63) is 58.9 Å². The van der Waals surface area contributed by atoms with E-state index in [2.05, 4.69) is 19.1 Å². The molecular weight excluding hydrogens is 326 g/mol. The molecule has 3 rings (SSSR count). The number of aryl methyl sites for hydroxylation is 1. The maximum atomic E-state index is 12.6. The number of carbonyl (C=O) groups excluding carboxylic acids is 1. The molecule has 23 heavy (non-hydrogen) atoms. The van der Waals surface area contributed by atoms with Crippen LogP contribution in [-0.2, 0) is 11.2 Å². The van der Waals surface area contributed by atoms with E-state index in [9.17, 15) is 4.79 Å². The predicted octanol–water partition coefficient (Wildman–Crippen LogP) is 5.03. The molecule has 1 aromatic heterocycles. The Bertz CT molecular complexity index is 733. The van der Waals surface area contributed by atoms with E-state index in [-0.39, 0.29) is 5.91 Å². The molecule has 0 unspecified atom stereocenters. The standard InChI is InChI=1S/C18H17NO2S2/c1-2-3-5-13-7-9-14(10-8-13)19-17(20)16(23-18(19)22)12-15-6-4-11-21-15/h4,6-12H,2-3,5H2,1H3/b16-12+. The van der Waals surface area contributed by atoms with Gasteiger partial charge in [0.15, 0.2) is 4.32 Å². The van der Waals surface area contributed by atoms with Gasteiger partial charge in [-0.3, -0.25) is 9.69 Å². The molecule has 0 aliphatic carbocycles. The Labute approximate surface area is 145 Å². The van der Waals surface area contributed by atoms with Crippen molar-refractivity contribution in [2.24, 2.45) is 0 Å². The quantitative estimate of drug-likeness (QED) is 0.563. The molecule has 0 bridgehead atoms. The van der Waals surface area contributed by atoms with Crippen LogP contribution in [0, 0.1) is 0 Å². The van der Waals surface area contributed by atoms with Crippen LogP contribution < -0.4 is 4.90 Å². The van der Waals surface area contributed by atoms with Gasteiger partial charge in [-0.25, -0.2) is 0 Å². The summed E-state index contributed by atoms with van der Waals surface area (Å²) in [7, 11) is 0. The van der Waals surface area contributed by atoms with Crippen molar-refractivity contribution in [2.75, 3.05) is 4.90 Å². The normalized spacial score (nSPS) is 16.6. The van der Waals surface area contributed by atoms with E-state index in [1.165, 1.54) is 30.2 Å². The molecule has 3 nitrogen and oxygen atoms in total. The largest absolute Gasteiger partial charge is 0.465 e. The lowest BCUT2D eigenvalue weighted by molar-refractivity contribution is -0.113. The number of unbranched alkanes of at least 4 members (excludes halogenated alkanes) is 1. The van der Waals surface area contributed by atoms with E-state index in [1.807, 2.05) is 18.2 Å². The third kappa shape index (κ3) is 3.57. The van der Waals surface area contributed by atoms with Crippen LogP contribution in [0.3, 0.4) is 0 Å². The minimum Gasteiger partial charge on any atom is -0.465 e. The number of thiocarbonyl (C=S) groups is 1. The predicted molar refractivity (Wildman–Crippen MR) is 99.4 cm³/mol. The van der Waals surface area contributed by atoms with Gasteiger partial charge in [-0.15, -0.1) is 0 Å². The Kier molecular flexibility index (Phi) is 4.98.